The number of guanidine groups is 1. The monoisotopic (exact) mass is 373 g/mol. The predicted molar refractivity (Wildman–Crippen MR) is 108 cm³/mol. The number of thiazole rings is 1. The minimum atomic E-state index is 0.00574. The molecule has 0 saturated carbocycles. The maximum atomic E-state index is 11.9. The first-order valence-corrected chi connectivity index (χ1v) is 9.48. The Labute approximate surface area is 159 Å². The van der Waals surface area contributed by atoms with Gasteiger partial charge in [0.25, 0.3) is 5.91 Å². The molecule has 2 N–H and O–H groups in total. The van der Waals surface area contributed by atoms with Crippen molar-refractivity contribution in [1.29, 1.82) is 0 Å². The van der Waals surface area contributed by atoms with Gasteiger partial charge in [-0.2, -0.15) is 0 Å². The molecule has 0 aliphatic rings. The molecule has 0 fully saturated rings. The first kappa shape index (κ1) is 19.9. The summed E-state index contributed by atoms with van der Waals surface area (Å²) in [5, 5.41) is 9.71. The molecule has 2 aromatic rings. The number of nitrogens with one attached hydrogen (secondary N) is 2. The van der Waals surface area contributed by atoms with E-state index in [0.717, 1.165) is 22.2 Å². The summed E-state index contributed by atoms with van der Waals surface area (Å²) in [4.78, 5) is 22.3. The van der Waals surface area contributed by atoms with Crippen LogP contribution in [0.15, 0.2) is 34.6 Å². The molecule has 0 radical (unpaired) electrons. The molecule has 0 bridgehead atoms. The standard InChI is InChI=1S/C19H27N5OS/c1-13(2)16-12-26-17(23-16)11-22-19(20-3)21-10-14-6-8-15(9-7-14)18(25)24(4)5/h6-9,12-13H,10-11H2,1-5H3,(H2,20,21,22). The maximum absolute atomic E-state index is 11.9. The van der Waals surface area contributed by atoms with Crippen molar-refractivity contribution >= 4 is 23.2 Å². The molecule has 1 aromatic heterocycles. The fourth-order valence-electron chi connectivity index (χ4n) is 2.26. The van der Waals surface area contributed by atoms with Crippen LogP contribution in [-0.2, 0) is 13.1 Å². The molecular formula is C19H27N5OS. The van der Waals surface area contributed by atoms with Crippen LogP contribution >= 0.6 is 11.3 Å². The minimum absolute atomic E-state index is 0.00574. The van der Waals surface area contributed by atoms with Crippen LogP contribution < -0.4 is 10.6 Å². The van der Waals surface area contributed by atoms with Crippen LogP contribution in [-0.4, -0.2) is 42.9 Å². The van der Waals surface area contributed by atoms with E-state index in [2.05, 4.69) is 39.8 Å². The van der Waals surface area contributed by atoms with Crippen molar-refractivity contribution in [2.75, 3.05) is 21.1 Å². The van der Waals surface area contributed by atoms with Gasteiger partial charge in [-0.25, -0.2) is 4.98 Å². The Balaban J connectivity index is 1.85. The highest BCUT2D eigenvalue weighted by Gasteiger charge is 2.08. The summed E-state index contributed by atoms with van der Waals surface area (Å²) < 4.78 is 0. The van der Waals surface area contributed by atoms with Crippen LogP contribution in [0.2, 0.25) is 0 Å². The predicted octanol–water partition coefficient (Wildman–Crippen LogP) is 2.83. The molecule has 6 nitrogen and oxygen atoms in total. The third-order valence-corrected chi connectivity index (χ3v) is 4.73. The lowest BCUT2D eigenvalue weighted by Gasteiger charge is -2.12. The van der Waals surface area contributed by atoms with E-state index in [1.807, 2.05) is 24.3 Å². The second kappa shape index (κ2) is 9.33. The molecular weight excluding hydrogens is 346 g/mol. The maximum Gasteiger partial charge on any atom is 0.253 e. The molecule has 26 heavy (non-hydrogen) atoms. The normalized spacial score (nSPS) is 11.5. The van der Waals surface area contributed by atoms with E-state index < -0.39 is 0 Å². The summed E-state index contributed by atoms with van der Waals surface area (Å²) in [6.07, 6.45) is 0. The van der Waals surface area contributed by atoms with Gasteiger partial charge in [-0.3, -0.25) is 9.79 Å². The number of amides is 1. The molecule has 1 amide bonds. The largest absolute Gasteiger partial charge is 0.352 e. The summed E-state index contributed by atoms with van der Waals surface area (Å²) in [5.74, 6) is 1.17. The third-order valence-electron chi connectivity index (χ3n) is 3.86. The van der Waals surface area contributed by atoms with Gasteiger partial charge in [0.15, 0.2) is 5.96 Å². The zero-order valence-electron chi connectivity index (χ0n) is 16.0. The van der Waals surface area contributed by atoms with Crippen molar-refractivity contribution in [2.24, 2.45) is 4.99 Å². The highest BCUT2D eigenvalue weighted by molar-refractivity contribution is 7.09. The van der Waals surface area contributed by atoms with Gasteiger partial charge in [-0.15, -0.1) is 11.3 Å². The Morgan fingerprint density at radius 3 is 2.38 bits per heavy atom. The van der Waals surface area contributed by atoms with E-state index in [1.54, 1.807) is 37.4 Å². The number of aromatic nitrogens is 1. The summed E-state index contributed by atoms with van der Waals surface area (Å²) in [6, 6.07) is 7.59. The Morgan fingerprint density at radius 1 is 1.19 bits per heavy atom. The summed E-state index contributed by atoms with van der Waals surface area (Å²) in [5.41, 5.74) is 2.90. The van der Waals surface area contributed by atoms with Crippen LogP contribution in [0, 0.1) is 0 Å². The second-order valence-corrected chi connectivity index (χ2v) is 7.44. The molecule has 1 heterocycles. The molecule has 2 rings (SSSR count). The molecule has 0 aliphatic carbocycles. The smallest absolute Gasteiger partial charge is 0.253 e. The van der Waals surface area contributed by atoms with Crippen LogP contribution in [0.25, 0.3) is 0 Å². The lowest BCUT2D eigenvalue weighted by Crippen LogP contribution is -2.36. The van der Waals surface area contributed by atoms with E-state index in [9.17, 15) is 4.79 Å². The van der Waals surface area contributed by atoms with Gasteiger partial charge in [-0.05, 0) is 23.6 Å². The number of rotatable bonds is 6. The van der Waals surface area contributed by atoms with Gasteiger partial charge in [0.2, 0.25) is 0 Å². The van der Waals surface area contributed by atoms with Gasteiger partial charge in [0.05, 0.1) is 12.2 Å². The molecule has 0 aliphatic heterocycles. The molecule has 140 valence electrons. The molecule has 0 spiro atoms. The van der Waals surface area contributed by atoms with Crippen molar-refractivity contribution in [3.8, 4) is 0 Å². The first-order chi connectivity index (χ1) is 12.4. The average Bonchev–Trinajstić information content (AvgIpc) is 3.11. The van der Waals surface area contributed by atoms with Crippen molar-refractivity contribution in [3.05, 3.63) is 51.5 Å². The number of carbonyl (C=O) groups is 1. The number of nitrogens with zero attached hydrogens (tertiary/aromatic N) is 3. The quantitative estimate of drug-likeness (QED) is 0.603. The fourth-order valence-corrected chi connectivity index (χ4v) is 3.16. The number of carbonyl (C=O) groups excluding carboxylic acids is 1. The number of hydrogen-bond donors (Lipinski definition) is 2. The zero-order valence-corrected chi connectivity index (χ0v) is 16.9. The molecule has 0 atom stereocenters. The Bertz CT molecular complexity index is 750. The number of hydrogen-bond acceptors (Lipinski definition) is 4. The van der Waals surface area contributed by atoms with Crippen molar-refractivity contribution in [1.82, 2.24) is 20.5 Å². The van der Waals surface area contributed by atoms with E-state index in [1.165, 1.54) is 0 Å². The average molecular weight is 374 g/mol. The Hall–Kier alpha value is -2.41. The lowest BCUT2D eigenvalue weighted by atomic mass is 10.1. The van der Waals surface area contributed by atoms with E-state index in [4.69, 9.17) is 0 Å². The second-order valence-electron chi connectivity index (χ2n) is 6.50. The molecule has 7 heteroatoms. The van der Waals surface area contributed by atoms with Gasteiger partial charge in [0, 0.05) is 38.6 Å². The third kappa shape index (κ3) is 5.56. The topological polar surface area (TPSA) is 69.6 Å². The van der Waals surface area contributed by atoms with Crippen LogP contribution in [0.5, 0.6) is 0 Å². The van der Waals surface area contributed by atoms with Gasteiger partial charge in [-0.1, -0.05) is 26.0 Å². The van der Waals surface area contributed by atoms with E-state index >= 15 is 0 Å². The van der Waals surface area contributed by atoms with Crippen molar-refractivity contribution < 1.29 is 4.79 Å². The molecule has 1 aromatic carbocycles. The van der Waals surface area contributed by atoms with Gasteiger partial charge < -0.3 is 15.5 Å². The minimum Gasteiger partial charge on any atom is -0.352 e. The first-order valence-electron chi connectivity index (χ1n) is 8.60. The van der Waals surface area contributed by atoms with Gasteiger partial charge >= 0.3 is 0 Å². The van der Waals surface area contributed by atoms with Crippen molar-refractivity contribution in [3.63, 3.8) is 0 Å². The van der Waals surface area contributed by atoms with Gasteiger partial charge in [0.1, 0.15) is 5.01 Å². The summed E-state index contributed by atoms with van der Waals surface area (Å²) in [7, 11) is 5.25. The number of aliphatic imine (C=N–C) groups is 1. The highest BCUT2D eigenvalue weighted by atomic mass is 32.1. The van der Waals surface area contributed by atoms with Crippen LogP contribution in [0.1, 0.15) is 46.4 Å². The van der Waals surface area contributed by atoms with E-state index in [0.29, 0.717) is 24.6 Å². The lowest BCUT2D eigenvalue weighted by molar-refractivity contribution is 0.0827. The molecule has 0 saturated heterocycles. The fraction of sp³-hybridized carbons (Fsp3) is 0.421. The van der Waals surface area contributed by atoms with Crippen LogP contribution in [0.4, 0.5) is 0 Å². The SMILES string of the molecule is CN=C(NCc1ccc(C(=O)N(C)C)cc1)NCc1nc(C(C)C)cs1. The van der Waals surface area contributed by atoms with E-state index in [-0.39, 0.29) is 5.91 Å². The highest BCUT2D eigenvalue weighted by Crippen LogP contribution is 2.17. The summed E-state index contributed by atoms with van der Waals surface area (Å²) in [6.45, 7) is 5.56. The number of benzene rings is 1. The Morgan fingerprint density at radius 2 is 1.85 bits per heavy atom. The summed E-state index contributed by atoms with van der Waals surface area (Å²) >= 11 is 1.66. The van der Waals surface area contributed by atoms with Crippen LogP contribution in [0.3, 0.4) is 0 Å². The Kier molecular flexibility index (Phi) is 7.15. The zero-order chi connectivity index (χ0) is 19.1. The van der Waals surface area contributed by atoms with Crippen molar-refractivity contribution in [2.45, 2.75) is 32.9 Å². The molecule has 0 unspecified atom stereocenters.